The molecular weight excluding hydrogens is 292 g/mol. The summed E-state index contributed by atoms with van der Waals surface area (Å²) in [4.78, 5) is 3.51. The number of aryl methyl sites for hydroxylation is 1. The lowest BCUT2D eigenvalue weighted by atomic mass is 9.88. The van der Waals surface area contributed by atoms with Crippen molar-refractivity contribution in [3.05, 3.63) is 83.6 Å². The maximum Gasteiger partial charge on any atom is 0.0458 e. The van der Waals surface area contributed by atoms with Crippen LogP contribution in [0.4, 0.5) is 0 Å². The molecule has 0 spiro atoms. The van der Waals surface area contributed by atoms with Crippen molar-refractivity contribution in [3.8, 4) is 0 Å². The third-order valence-electron chi connectivity index (χ3n) is 4.98. The first-order chi connectivity index (χ1) is 11.8. The van der Waals surface area contributed by atoms with Gasteiger partial charge < -0.3 is 10.7 Å². The van der Waals surface area contributed by atoms with Gasteiger partial charge in [-0.15, -0.1) is 0 Å². The highest BCUT2D eigenvalue weighted by molar-refractivity contribution is 5.87. The number of fused-ring (bicyclic) bond motifs is 2. The van der Waals surface area contributed by atoms with Gasteiger partial charge in [-0.1, -0.05) is 60.7 Å². The van der Waals surface area contributed by atoms with E-state index in [4.69, 9.17) is 5.73 Å². The molecule has 0 fully saturated rings. The number of benzene rings is 3. The minimum atomic E-state index is 0.312. The SMILES string of the molecule is Cc1[nH]c2ccccc2c1C(CN)Cc1cccc2ccccc12. The maximum atomic E-state index is 6.20. The Morgan fingerprint density at radius 1 is 0.875 bits per heavy atom. The van der Waals surface area contributed by atoms with Crippen LogP contribution in [-0.4, -0.2) is 11.5 Å². The first kappa shape index (κ1) is 15.0. The molecule has 1 atom stereocenters. The van der Waals surface area contributed by atoms with Gasteiger partial charge in [0.1, 0.15) is 0 Å². The van der Waals surface area contributed by atoms with Crippen LogP contribution in [-0.2, 0) is 6.42 Å². The molecule has 2 nitrogen and oxygen atoms in total. The summed E-state index contributed by atoms with van der Waals surface area (Å²) in [6, 6.07) is 23.6. The van der Waals surface area contributed by atoms with Gasteiger partial charge in [0.05, 0.1) is 0 Å². The van der Waals surface area contributed by atoms with Crippen LogP contribution in [0.15, 0.2) is 66.7 Å². The molecule has 0 saturated carbocycles. The summed E-state index contributed by atoms with van der Waals surface area (Å²) >= 11 is 0. The molecular formula is C22H22N2. The summed E-state index contributed by atoms with van der Waals surface area (Å²) < 4.78 is 0. The number of nitrogens with one attached hydrogen (secondary N) is 1. The topological polar surface area (TPSA) is 41.8 Å². The smallest absolute Gasteiger partial charge is 0.0458 e. The zero-order valence-electron chi connectivity index (χ0n) is 13.9. The average molecular weight is 314 g/mol. The van der Waals surface area contributed by atoms with Crippen molar-refractivity contribution in [1.82, 2.24) is 4.98 Å². The molecule has 120 valence electrons. The normalized spacial score (nSPS) is 12.8. The Bertz CT molecular complexity index is 992. The van der Waals surface area contributed by atoms with E-state index in [1.165, 1.54) is 38.5 Å². The third-order valence-corrected chi connectivity index (χ3v) is 4.98. The average Bonchev–Trinajstić information content (AvgIpc) is 2.95. The number of rotatable bonds is 4. The van der Waals surface area contributed by atoms with Crippen LogP contribution < -0.4 is 5.73 Å². The maximum absolute atomic E-state index is 6.20. The quantitative estimate of drug-likeness (QED) is 0.552. The van der Waals surface area contributed by atoms with Crippen molar-refractivity contribution in [3.63, 3.8) is 0 Å². The molecule has 0 aliphatic carbocycles. The fourth-order valence-corrected chi connectivity index (χ4v) is 3.86. The molecule has 0 saturated heterocycles. The molecule has 0 radical (unpaired) electrons. The van der Waals surface area contributed by atoms with Crippen molar-refractivity contribution in [2.24, 2.45) is 5.73 Å². The summed E-state index contributed by atoms with van der Waals surface area (Å²) in [7, 11) is 0. The predicted molar refractivity (Wildman–Crippen MR) is 102 cm³/mol. The van der Waals surface area contributed by atoms with Crippen LogP contribution in [0.5, 0.6) is 0 Å². The van der Waals surface area contributed by atoms with Gasteiger partial charge >= 0.3 is 0 Å². The largest absolute Gasteiger partial charge is 0.358 e. The van der Waals surface area contributed by atoms with Gasteiger partial charge in [0.2, 0.25) is 0 Å². The molecule has 0 aliphatic heterocycles. The van der Waals surface area contributed by atoms with Gasteiger partial charge in [0, 0.05) is 22.5 Å². The van der Waals surface area contributed by atoms with E-state index < -0.39 is 0 Å². The minimum absolute atomic E-state index is 0.312. The summed E-state index contributed by atoms with van der Waals surface area (Å²) in [5.41, 5.74) is 11.4. The molecule has 0 bridgehead atoms. The third kappa shape index (κ3) is 2.49. The van der Waals surface area contributed by atoms with Crippen molar-refractivity contribution >= 4 is 21.7 Å². The van der Waals surface area contributed by atoms with Gasteiger partial charge in [0.15, 0.2) is 0 Å². The number of hydrogen-bond donors (Lipinski definition) is 2. The molecule has 0 aliphatic rings. The molecule has 3 N–H and O–H groups in total. The lowest BCUT2D eigenvalue weighted by Crippen LogP contribution is -2.16. The van der Waals surface area contributed by atoms with E-state index in [9.17, 15) is 0 Å². The Morgan fingerprint density at radius 3 is 2.42 bits per heavy atom. The molecule has 24 heavy (non-hydrogen) atoms. The lowest BCUT2D eigenvalue weighted by molar-refractivity contribution is 0.697. The molecule has 1 unspecified atom stereocenters. The summed E-state index contributed by atoms with van der Waals surface area (Å²) in [6.45, 7) is 2.80. The number of hydrogen-bond acceptors (Lipinski definition) is 1. The number of para-hydroxylation sites is 1. The van der Waals surface area contributed by atoms with E-state index in [1.54, 1.807) is 0 Å². The molecule has 0 amide bonds. The number of nitrogens with two attached hydrogens (primary N) is 1. The zero-order valence-corrected chi connectivity index (χ0v) is 13.9. The minimum Gasteiger partial charge on any atom is -0.358 e. The van der Waals surface area contributed by atoms with Crippen LogP contribution >= 0.6 is 0 Å². The van der Waals surface area contributed by atoms with Crippen molar-refractivity contribution in [2.75, 3.05) is 6.54 Å². The zero-order chi connectivity index (χ0) is 16.5. The van der Waals surface area contributed by atoms with Gasteiger partial charge in [-0.05, 0) is 47.9 Å². The standard InChI is InChI=1S/C22H22N2/c1-15-22(20-11-4-5-12-21(20)24-15)18(14-23)13-17-9-6-8-16-7-2-3-10-19(16)17/h2-12,18,24H,13-14,23H2,1H3. The second-order valence-corrected chi connectivity index (χ2v) is 6.48. The number of H-pyrrole nitrogens is 1. The van der Waals surface area contributed by atoms with Gasteiger partial charge in [-0.25, -0.2) is 0 Å². The van der Waals surface area contributed by atoms with E-state index in [1.807, 2.05) is 0 Å². The lowest BCUT2D eigenvalue weighted by Gasteiger charge is -2.17. The molecule has 1 heterocycles. The van der Waals surface area contributed by atoms with Crippen LogP contribution in [0.3, 0.4) is 0 Å². The van der Waals surface area contributed by atoms with Crippen molar-refractivity contribution < 1.29 is 0 Å². The van der Waals surface area contributed by atoms with Crippen LogP contribution in [0.25, 0.3) is 21.7 Å². The predicted octanol–water partition coefficient (Wildman–Crippen LogP) is 4.91. The van der Waals surface area contributed by atoms with E-state index >= 15 is 0 Å². The fraction of sp³-hybridized carbons (Fsp3) is 0.182. The van der Waals surface area contributed by atoms with Crippen molar-refractivity contribution in [1.29, 1.82) is 0 Å². The molecule has 3 aromatic carbocycles. The van der Waals surface area contributed by atoms with E-state index in [0.717, 1.165) is 6.42 Å². The summed E-state index contributed by atoms with van der Waals surface area (Å²) in [6.07, 6.45) is 0.959. The second kappa shape index (κ2) is 6.14. The highest BCUT2D eigenvalue weighted by Gasteiger charge is 2.19. The van der Waals surface area contributed by atoms with E-state index in [2.05, 4.69) is 78.6 Å². The Kier molecular flexibility index (Phi) is 3.83. The van der Waals surface area contributed by atoms with Gasteiger partial charge in [0.25, 0.3) is 0 Å². The number of aromatic nitrogens is 1. The molecule has 2 heteroatoms. The summed E-state index contributed by atoms with van der Waals surface area (Å²) in [5, 5.41) is 3.92. The highest BCUT2D eigenvalue weighted by atomic mass is 14.7. The van der Waals surface area contributed by atoms with Crippen LogP contribution in [0, 0.1) is 6.92 Å². The molecule has 4 aromatic rings. The molecule has 1 aromatic heterocycles. The van der Waals surface area contributed by atoms with Crippen LogP contribution in [0.1, 0.15) is 22.7 Å². The van der Waals surface area contributed by atoms with Gasteiger partial charge in [-0.3, -0.25) is 0 Å². The summed E-state index contributed by atoms with van der Waals surface area (Å²) in [5.74, 6) is 0.312. The Hall–Kier alpha value is -2.58. The highest BCUT2D eigenvalue weighted by Crippen LogP contribution is 2.32. The Morgan fingerprint density at radius 2 is 1.58 bits per heavy atom. The van der Waals surface area contributed by atoms with Crippen LogP contribution in [0.2, 0.25) is 0 Å². The van der Waals surface area contributed by atoms with Gasteiger partial charge in [-0.2, -0.15) is 0 Å². The van der Waals surface area contributed by atoms with E-state index in [0.29, 0.717) is 12.5 Å². The van der Waals surface area contributed by atoms with E-state index in [-0.39, 0.29) is 0 Å². The van der Waals surface area contributed by atoms with Crippen molar-refractivity contribution in [2.45, 2.75) is 19.3 Å². The first-order valence-electron chi connectivity index (χ1n) is 8.52. The fourth-order valence-electron chi connectivity index (χ4n) is 3.86. The first-order valence-corrected chi connectivity index (χ1v) is 8.52. The monoisotopic (exact) mass is 314 g/mol. The molecule has 4 rings (SSSR count). The Balaban J connectivity index is 1.80. The number of aromatic amines is 1. The Labute approximate surface area is 142 Å². The second-order valence-electron chi connectivity index (χ2n) is 6.48.